The van der Waals surface area contributed by atoms with Crippen LogP contribution >= 0.6 is 11.6 Å². The second-order valence-electron chi connectivity index (χ2n) is 4.51. The van der Waals surface area contributed by atoms with Crippen molar-refractivity contribution in [3.05, 3.63) is 52.4 Å². The van der Waals surface area contributed by atoms with Gasteiger partial charge in [0, 0.05) is 10.7 Å². The summed E-state index contributed by atoms with van der Waals surface area (Å²) >= 11 is 5.91. The van der Waals surface area contributed by atoms with Crippen LogP contribution in [-0.2, 0) is 4.79 Å². The van der Waals surface area contributed by atoms with Gasteiger partial charge in [-0.25, -0.2) is 4.68 Å². The maximum absolute atomic E-state index is 11.8. The van der Waals surface area contributed by atoms with Gasteiger partial charge in [-0.15, -0.1) is 0 Å². The molecule has 6 nitrogen and oxygen atoms in total. The number of aromatic nitrogens is 3. The summed E-state index contributed by atoms with van der Waals surface area (Å²) in [5.41, 5.74) is 7.53. The smallest absolute Gasteiger partial charge is 0.248 e. The van der Waals surface area contributed by atoms with Crippen molar-refractivity contribution in [3.63, 3.8) is 0 Å². The van der Waals surface area contributed by atoms with Crippen molar-refractivity contribution in [2.45, 2.75) is 13.0 Å². The number of benzene rings is 1. The Bertz CT molecular complexity index is 704. The molecule has 0 bridgehead atoms. The van der Waals surface area contributed by atoms with Gasteiger partial charge in [-0.1, -0.05) is 23.7 Å². The summed E-state index contributed by atoms with van der Waals surface area (Å²) in [7, 11) is 0. The molecule has 20 heavy (non-hydrogen) atoms. The lowest BCUT2D eigenvalue weighted by Gasteiger charge is -2.27. The molecule has 102 valence electrons. The summed E-state index contributed by atoms with van der Waals surface area (Å²) in [4.78, 5) is 15.9. The summed E-state index contributed by atoms with van der Waals surface area (Å²) in [5, 5.41) is 7.82. The molecule has 2 aromatic rings. The molecule has 1 atom stereocenters. The van der Waals surface area contributed by atoms with Crippen molar-refractivity contribution in [2.24, 2.45) is 5.73 Å². The predicted molar refractivity (Wildman–Crippen MR) is 75.1 cm³/mol. The summed E-state index contributed by atoms with van der Waals surface area (Å²) in [6.07, 6.45) is 1.43. The first-order valence-corrected chi connectivity index (χ1v) is 6.38. The number of amides is 1. The molecule has 1 aliphatic heterocycles. The molecule has 0 saturated carbocycles. The fourth-order valence-corrected chi connectivity index (χ4v) is 2.49. The Kier molecular flexibility index (Phi) is 2.94. The molecule has 2 heterocycles. The Morgan fingerprint density at radius 2 is 2.10 bits per heavy atom. The predicted octanol–water partition coefficient (Wildman–Crippen LogP) is 1.71. The number of primary amides is 1. The second kappa shape index (κ2) is 4.64. The van der Waals surface area contributed by atoms with Crippen LogP contribution in [0.15, 0.2) is 41.9 Å². The summed E-state index contributed by atoms with van der Waals surface area (Å²) < 4.78 is 1.64. The van der Waals surface area contributed by atoms with Crippen molar-refractivity contribution in [2.75, 3.05) is 5.32 Å². The van der Waals surface area contributed by atoms with E-state index in [4.69, 9.17) is 17.3 Å². The zero-order chi connectivity index (χ0) is 14.3. The number of nitrogens with one attached hydrogen (secondary N) is 1. The number of carbonyl (C=O) groups excluding carboxylic acids is 1. The molecule has 1 aromatic carbocycles. The fourth-order valence-electron chi connectivity index (χ4n) is 2.36. The van der Waals surface area contributed by atoms with Gasteiger partial charge in [0.15, 0.2) is 0 Å². The van der Waals surface area contributed by atoms with Gasteiger partial charge in [0.25, 0.3) is 0 Å². The van der Waals surface area contributed by atoms with Gasteiger partial charge in [-0.3, -0.25) is 4.79 Å². The van der Waals surface area contributed by atoms with Crippen molar-refractivity contribution in [1.29, 1.82) is 0 Å². The van der Waals surface area contributed by atoms with Crippen molar-refractivity contribution < 1.29 is 4.79 Å². The Balaban J connectivity index is 2.19. The monoisotopic (exact) mass is 289 g/mol. The number of carbonyl (C=O) groups is 1. The lowest BCUT2D eigenvalue weighted by Crippen LogP contribution is -2.31. The topological polar surface area (TPSA) is 85.8 Å². The molecule has 0 saturated heterocycles. The van der Waals surface area contributed by atoms with E-state index in [0.717, 1.165) is 5.56 Å². The molecule has 7 heteroatoms. The van der Waals surface area contributed by atoms with Gasteiger partial charge < -0.3 is 11.1 Å². The molecule has 1 amide bonds. The number of hydrogen-bond donors (Lipinski definition) is 2. The van der Waals surface area contributed by atoms with Gasteiger partial charge in [0.05, 0.1) is 5.57 Å². The minimum Gasteiger partial charge on any atom is -0.366 e. The fraction of sp³-hybridized carbons (Fsp3) is 0.154. The van der Waals surface area contributed by atoms with E-state index in [0.29, 0.717) is 22.2 Å². The van der Waals surface area contributed by atoms with E-state index < -0.39 is 11.9 Å². The Labute approximate surface area is 120 Å². The molecule has 0 unspecified atom stereocenters. The van der Waals surface area contributed by atoms with Gasteiger partial charge in [0.2, 0.25) is 11.9 Å². The van der Waals surface area contributed by atoms with Crippen LogP contribution in [0.1, 0.15) is 18.5 Å². The van der Waals surface area contributed by atoms with Crippen LogP contribution in [0.5, 0.6) is 0 Å². The average Bonchev–Trinajstić information content (AvgIpc) is 2.85. The van der Waals surface area contributed by atoms with E-state index in [1.165, 1.54) is 6.33 Å². The van der Waals surface area contributed by atoms with Crippen molar-refractivity contribution in [3.8, 4) is 0 Å². The highest BCUT2D eigenvalue weighted by atomic mass is 35.5. The molecular weight excluding hydrogens is 278 g/mol. The molecule has 0 fully saturated rings. The summed E-state index contributed by atoms with van der Waals surface area (Å²) in [6.45, 7) is 1.79. The number of rotatable bonds is 2. The highest BCUT2D eigenvalue weighted by Crippen LogP contribution is 2.34. The van der Waals surface area contributed by atoms with E-state index in [2.05, 4.69) is 15.4 Å². The molecular formula is C13H12ClN5O. The molecule has 0 radical (unpaired) electrons. The van der Waals surface area contributed by atoms with Crippen LogP contribution in [0, 0.1) is 0 Å². The van der Waals surface area contributed by atoms with E-state index in [-0.39, 0.29) is 0 Å². The number of nitrogens with two attached hydrogens (primary N) is 1. The minimum absolute atomic E-state index is 0.400. The maximum Gasteiger partial charge on any atom is 0.248 e. The Morgan fingerprint density at radius 3 is 2.75 bits per heavy atom. The first-order valence-electron chi connectivity index (χ1n) is 6.00. The van der Waals surface area contributed by atoms with Gasteiger partial charge in [-0.05, 0) is 24.6 Å². The third kappa shape index (κ3) is 1.94. The lowest BCUT2D eigenvalue weighted by atomic mass is 9.95. The molecule has 0 spiro atoms. The minimum atomic E-state index is -0.490. The first-order chi connectivity index (χ1) is 9.58. The summed E-state index contributed by atoms with van der Waals surface area (Å²) in [5.74, 6) is 0.0866. The zero-order valence-corrected chi connectivity index (χ0v) is 11.4. The quantitative estimate of drug-likeness (QED) is 0.881. The molecule has 1 aliphatic rings. The van der Waals surface area contributed by atoms with E-state index in [9.17, 15) is 4.79 Å². The molecule has 3 N–H and O–H groups in total. The highest BCUT2D eigenvalue weighted by Gasteiger charge is 2.31. The molecule has 3 rings (SSSR count). The lowest BCUT2D eigenvalue weighted by molar-refractivity contribution is -0.115. The van der Waals surface area contributed by atoms with Gasteiger partial charge in [0.1, 0.15) is 12.4 Å². The second-order valence-corrected chi connectivity index (χ2v) is 4.95. The van der Waals surface area contributed by atoms with Crippen LogP contribution in [0.25, 0.3) is 0 Å². The highest BCUT2D eigenvalue weighted by molar-refractivity contribution is 6.30. The Hall–Kier alpha value is -2.34. The van der Waals surface area contributed by atoms with Gasteiger partial charge >= 0.3 is 0 Å². The van der Waals surface area contributed by atoms with Crippen LogP contribution in [0.4, 0.5) is 5.95 Å². The summed E-state index contributed by atoms with van der Waals surface area (Å²) in [6, 6.07) is 6.83. The third-order valence-corrected chi connectivity index (χ3v) is 3.50. The normalized spacial score (nSPS) is 17.6. The number of hydrogen-bond acceptors (Lipinski definition) is 4. The molecule has 1 aromatic heterocycles. The maximum atomic E-state index is 11.8. The van der Waals surface area contributed by atoms with Crippen LogP contribution in [-0.4, -0.2) is 20.7 Å². The van der Waals surface area contributed by atoms with E-state index >= 15 is 0 Å². The number of anilines is 1. The van der Waals surface area contributed by atoms with Crippen LogP contribution < -0.4 is 11.1 Å². The van der Waals surface area contributed by atoms with Crippen LogP contribution in [0.3, 0.4) is 0 Å². The number of fused-ring (bicyclic) bond motifs is 1. The SMILES string of the molecule is CC1=C(C(N)=O)[C@@H](c2ccc(Cl)cc2)n2ncnc2N1. The van der Waals surface area contributed by atoms with E-state index in [1.807, 2.05) is 12.1 Å². The van der Waals surface area contributed by atoms with Crippen LogP contribution in [0.2, 0.25) is 5.02 Å². The molecule has 0 aliphatic carbocycles. The standard InChI is InChI=1S/C13H12ClN5O/c1-7-10(12(15)20)11(8-2-4-9(14)5-3-8)19-13(18-7)16-6-17-19/h2-6,11H,1H3,(H2,15,20)(H,16,17,18)/t11-/m1/s1. The van der Waals surface area contributed by atoms with Crippen molar-refractivity contribution in [1.82, 2.24) is 14.8 Å². The third-order valence-electron chi connectivity index (χ3n) is 3.25. The van der Waals surface area contributed by atoms with E-state index in [1.54, 1.807) is 23.7 Å². The number of nitrogens with zero attached hydrogens (tertiary/aromatic N) is 3. The largest absolute Gasteiger partial charge is 0.366 e. The average molecular weight is 290 g/mol. The number of allylic oxidation sites excluding steroid dienone is 1. The van der Waals surface area contributed by atoms with Gasteiger partial charge in [-0.2, -0.15) is 10.1 Å². The first kappa shape index (κ1) is 12.7. The number of halogens is 1. The van der Waals surface area contributed by atoms with Crippen molar-refractivity contribution >= 4 is 23.5 Å². The zero-order valence-electron chi connectivity index (χ0n) is 10.7. The Morgan fingerprint density at radius 1 is 1.40 bits per heavy atom.